The van der Waals surface area contributed by atoms with Crippen molar-refractivity contribution in [3.05, 3.63) is 109 Å². The number of carbonyl (C=O) groups excluding carboxylic acids is 3. The van der Waals surface area contributed by atoms with Gasteiger partial charge in [-0.2, -0.15) is 0 Å². The summed E-state index contributed by atoms with van der Waals surface area (Å²) in [6.45, 7) is 6.53. The van der Waals surface area contributed by atoms with E-state index in [0.29, 0.717) is 19.3 Å². The van der Waals surface area contributed by atoms with Gasteiger partial charge in [0.2, 0.25) is 0 Å². The molecule has 1 unspecified atom stereocenters. The standard InChI is InChI=1S/C74H126O6/c1-4-7-10-13-16-19-22-25-27-29-31-33-35-36-37-38-40-41-43-45-47-49-52-55-58-61-64-67-73(76)79-70-71(69-78-72(75)66-63-60-57-54-51-24-21-18-15-12-9-6-3)80-74(77)68-65-62-59-56-53-50-48-46-44-42-39-34-32-30-28-26-23-20-17-14-11-8-5-2/h7,10,16,19,23,25-27,30-33,36-37,39-42,71H,4-6,8-9,11-15,17-18,20-22,24,28-29,34-35,38,43-70H2,1-3H3/b10-7-,19-16-,26-23-,27-25-,32-30-,33-31-,37-36-,41-40-,42-39-. The Hall–Kier alpha value is -3.93. The zero-order valence-corrected chi connectivity index (χ0v) is 52.6. The summed E-state index contributed by atoms with van der Waals surface area (Å²) in [5.74, 6) is -0.887. The lowest BCUT2D eigenvalue weighted by Gasteiger charge is -2.18. The second-order valence-electron chi connectivity index (χ2n) is 22.4. The maximum absolute atomic E-state index is 12.9. The van der Waals surface area contributed by atoms with E-state index in [9.17, 15) is 14.4 Å². The van der Waals surface area contributed by atoms with Gasteiger partial charge in [0.05, 0.1) is 0 Å². The van der Waals surface area contributed by atoms with Crippen molar-refractivity contribution in [3.8, 4) is 0 Å². The van der Waals surface area contributed by atoms with E-state index in [2.05, 4.69) is 130 Å². The highest BCUT2D eigenvalue weighted by atomic mass is 16.6. The number of unbranched alkanes of at least 4 members (excludes halogenated alkanes) is 32. The molecule has 0 spiro atoms. The third-order valence-corrected chi connectivity index (χ3v) is 14.5. The van der Waals surface area contributed by atoms with Crippen LogP contribution in [0.15, 0.2) is 109 Å². The van der Waals surface area contributed by atoms with Gasteiger partial charge in [-0.25, -0.2) is 0 Å². The van der Waals surface area contributed by atoms with Gasteiger partial charge in [-0.15, -0.1) is 0 Å². The average Bonchev–Trinajstić information content (AvgIpc) is 3.46. The zero-order chi connectivity index (χ0) is 57.8. The Kier molecular flexibility index (Phi) is 64.3. The molecule has 1 atom stereocenters. The summed E-state index contributed by atoms with van der Waals surface area (Å²) >= 11 is 0. The Balaban J connectivity index is 4.33. The van der Waals surface area contributed by atoms with Crippen LogP contribution in [-0.4, -0.2) is 37.2 Å². The molecule has 0 aliphatic carbocycles. The van der Waals surface area contributed by atoms with E-state index >= 15 is 0 Å². The van der Waals surface area contributed by atoms with E-state index in [-0.39, 0.29) is 31.1 Å². The summed E-state index contributed by atoms with van der Waals surface area (Å²) < 4.78 is 16.9. The van der Waals surface area contributed by atoms with Gasteiger partial charge in [-0.1, -0.05) is 304 Å². The predicted octanol–water partition coefficient (Wildman–Crippen LogP) is 23.4. The molecule has 0 bridgehead atoms. The average molecular weight is 1110 g/mol. The molecule has 0 aromatic carbocycles. The Labute approximate surface area is 495 Å². The summed E-state index contributed by atoms with van der Waals surface area (Å²) in [5.41, 5.74) is 0. The smallest absolute Gasteiger partial charge is 0.306 e. The fourth-order valence-corrected chi connectivity index (χ4v) is 9.45. The van der Waals surface area contributed by atoms with Crippen LogP contribution in [0.4, 0.5) is 0 Å². The molecule has 0 heterocycles. The molecule has 0 aliphatic heterocycles. The first-order chi connectivity index (χ1) is 39.5. The van der Waals surface area contributed by atoms with Gasteiger partial charge in [0.1, 0.15) is 13.2 Å². The Bertz CT molecular complexity index is 1610. The molecule has 6 heteroatoms. The number of carbonyl (C=O) groups is 3. The first kappa shape index (κ1) is 76.1. The fourth-order valence-electron chi connectivity index (χ4n) is 9.45. The van der Waals surface area contributed by atoms with Crippen LogP contribution in [0.3, 0.4) is 0 Å². The van der Waals surface area contributed by atoms with Crippen LogP contribution in [0.2, 0.25) is 0 Å². The molecule has 6 nitrogen and oxygen atoms in total. The first-order valence-electron chi connectivity index (χ1n) is 33.9. The van der Waals surface area contributed by atoms with E-state index in [1.54, 1.807) is 0 Å². The fraction of sp³-hybridized carbons (Fsp3) is 0.716. The number of hydrogen-bond donors (Lipinski definition) is 0. The quantitative estimate of drug-likeness (QED) is 0.0261. The molecule has 0 fully saturated rings. The minimum absolute atomic E-state index is 0.0818. The molecule has 0 aromatic heterocycles. The topological polar surface area (TPSA) is 78.9 Å². The van der Waals surface area contributed by atoms with E-state index in [0.717, 1.165) is 122 Å². The molecule has 458 valence electrons. The molecule has 0 saturated heterocycles. The molecule has 0 saturated carbocycles. The van der Waals surface area contributed by atoms with Crippen LogP contribution >= 0.6 is 0 Å². The van der Waals surface area contributed by atoms with Crippen LogP contribution in [-0.2, 0) is 28.6 Å². The highest BCUT2D eigenvalue weighted by Gasteiger charge is 2.19. The van der Waals surface area contributed by atoms with Crippen molar-refractivity contribution in [2.24, 2.45) is 0 Å². The third-order valence-electron chi connectivity index (χ3n) is 14.5. The summed E-state index contributed by atoms with van der Waals surface area (Å²) in [6, 6.07) is 0. The van der Waals surface area contributed by atoms with E-state index in [1.807, 2.05) is 0 Å². The molecule has 80 heavy (non-hydrogen) atoms. The molecule has 0 amide bonds. The van der Waals surface area contributed by atoms with Crippen molar-refractivity contribution in [1.82, 2.24) is 0 Å². The number of rotatable bonds is 61. The van der Waals surface area contributed by atoms with Gasteiger partial charge < -0.3 is 14.2 Å². The van der Waals surface area contributed by atoms with Crippen molar-refractivity contribution in [2.45, 2.75) is 329 Å². The van der Waals surface area contributed by atoms with Crippen molar-refractivity contribution in [2.75, 3.05) is 13.2 Å². The van der Waals surface area contributed by atoms with Crippen molar-refractivity contribution in [1.29, 1.82) is 0 Å². The summed E-state index contributed by atoms with van der Waals surface area (Å²) in [6.07, 6.45) is 92.4. The van der Waals surface area contributed by atoms with Gasteiger partial charge in [0.15, 0.2) is 6.10 Å². The number of ether oxygens (including phenoxy) is 3. The molecule has 0 aromatic rings. The summed E-state index contributed by atoms with van der Waals surface area (Å²) in [7, 11) is 0. The SMILES string of the molecule is CC/C=C\C/C=C\C/C=C\C/C=C\C/C=C\C/C=C\CCCCCCCCCCC(=O)OCC(COC(=O)CCCCCCCCCCCCCC)OC(=O)CCCCCCCCCC/C=C\C/C=C\C/C=C\CCCCCCC. The van der Waals surface area contributed by atoms with E-state index in [1.165, 1.54) is 161 Å². The Morgan fingerprint density at radius 2 is 0.487 bits per heavy atom. The molecular weight excluding hydrogens is 985 g/mol. The highest BCUT2D eigenvalue weighted by molar-refractivity contribution is 5.71. The van der Waals surface area contributed by atoms with Crippen LogP contribution < -0.4 is 0 Å². The number of allylic oxidation sites excluding steroid dienone is 18. The lowest BCUT2D eigenvalue weighted by Crippen LogP contribution is -2.30. The van der Waals surface area contributed by atoms with Crippen LogP contribution in [0, 0.1) is 0 Å². The van der Waals surface area contributed by atoms with Crippen molar-refractivity contribution < 1.29 is 28.6 Å². The van der Waals surface area contributed by atoms with Gasteiger partial charge in [0, 0.05) is 19.3 Å². The second-order valence-corrected chi connectivity index (χ2v) is 22.4. The third kappa shape index (κ3) is 64.9. The largest absolute Gasteiger partial charge is 0.462 e. The molecule has 0 rings (SSSR count). The normalized spacial score (nSPS) is 12.8. The predicted molar refractivity (Wildman–Crippen MR) is 348 cm³/mol. The summed E-state index contributed by atoms with van der Waals surface area (Å²) in [4.78, 5) is 38.4. The molecule has 0 aliphatic rings. The van der Waals surface area contributed by atoms with Crippen LogP contribution in [0.5, 0.6) is 0 Å². The zero-order valence-electron chi connectivity index (χ0n) is 52.6. The molecular formula is C74H126O6. The van der Waals surface area contributed by atoms with Crippen molar-refractivity contribution in [3.63, 3.8) is 0 Å². The lowest BCUT2D eigenvalue weighted by molar-refractivity contribution is -0.167. The highest BCUT2D eigenvalue weighted by Crippen LogP contribution is 2.16. The number of esters is 3. The molecule has 0 N–H and O–H groups in total. The minimum atomic E-state index is -0.787. The van der Waals surface area contributed by atoms with Gasteiger partial charge in [0.25, 0.3) is 0 Å². The molecule has 0 radical (unpaired) electrons. The maximum Gasteiger partial charge on any atom is 0.306 e. The Morgan fingerprint density at radius 1 is 0.263 bits per heavy atom. The summed E-state index contributed by atoms with van der Waals surface area (Å²) in [5, 5.41) is 0. The monoisotopic (exact) mass is 1110 g/mol. The van der Waals surface area contributed by atoms with Gasteiger partial charge in [-0.3, -0.25) is 14.4 Å². The lowest BCUT2D eigenvalue weighted by atomic mass is 10.0. The minimum Gasteiger partial charge on any atom is -0.462 e. The first-order valence-corrected chi connectivity index (χ1v) is 33.9. The number of hydrogen-bond acceptors (Lipinski definition) is 6. The maximum atomic E-state index is 12.9. The van der Waals surface area contributed by atoms with Gasteiger partial charge >= 0.3 is 17.9 Å². The van der Waals surface area contributed by atoms with Crippen LogP contribution in [0.1, 0.15) is 323 Å². The van der Waals surface area contributed by atoms with Gasteiger partial charge in [-0.05, 0) is 109 Å². The van der Waals surface area contributed by atoms with E-state index in [4.69, 9.17) is 14.2 Å². The van der Waals surface area contributed by atoms with Crippen molar-refractivity contribution >= 4 is 17.9 Å². The van der Waals surface area contributed by atoms with Crippen LogP contribution in [0.25, 0.3) is 0 Å². The second kappa shape index (κ2) is 67.6. The van der Waals surface area contributed by atoms with E-state index < -0.39 is 6.10 Å². The Morgan fingerprint density at radius 3 is 0.762 bits per heavy atom.